The van der Waals surface area contributed by atoms with Gasteiger partial charge >= 0.3 is 5.97 Å². The molecule has 3 rings (SSSR count). The lowest BCUT2D eigenvalue weighted by molar-refractivity contribution is -0.142. The minimum atomic E-state index is -0.834. The monoisotopic (exact) mass is 382 g/mol. The highest BCUT2D eigenvalue weighted by atomic mass is 32.2. The molecular weight excluding hydrogens is 363 g/mol. The van der Waals surface area contributed by atoms with Crippen LogP contribution in [0.1, 0.15) is 37.4 Å². The molecule has 0 amide bonds. The average molecular weight is 382 g/mol. The summed E-state index contributed by atoms with van der Waals surface area (Å²) in [5.74, 6) is -1.26. The van der Waals surface area contributed by atoms with Gasteiger partial charge in [-0.15, -0.1) is 11.8 Å². The molecule has 0 spiro atoms. The van der Waals surface area contributed by atoms with E-state index in [0.29, 0.717) is 29.6 Å². The van der Waals surface area contributed by atoms with E-state index in [4.69, 9.17) is 0 Å². The first-order chi connectivity index (χ1) is 13.0. The van der Waals surface area contributed by atoms with Crippen LogP contribution in [0, 0.1) is 17.1 Å². The van der Waals surface area contributed by atoms with E-state index in [-0.39, 0.29) is 0 Å². The molecule has 1 saturated carbocycles. The van der Waals surface area contributed by atoms with Gasteiger partial charge in [-0.05, 0) is 43.9 Å². The second-order valence-corrected chi connectivity index (χ2v) is 7.82. The van der Waals surface area contributed by atoms with Crippen LogP contribution in [0.4, 0.5) is 4.39 Å². The molecule has 6 heteroatoms. The lowest BCUT2D eigenvalue weighted by atomic mass is 9.84. The molecule has 27 heavy (non-hydrogen) atoms. The van der Waals surface area contributed by atoms with E-state index in [1.165, 1.54) is 28.4 Å². The van der Waals surface area contributed by atoms with Crippen molar-refractivity contribution in [3.63, 3.8) is 0 Å². The van der Waals surface area contributed by atoms with Crippen molar-refractivity contribution < 1.29 is 14.3 Å². The van der Waals surface area contributed by atoms with E-state index in [9.17, 15) is 19.6 Å². The molecule has 2 aromatic rings. The summed E-state index contributed by atoms with van der Waals surface area (Å²) in [4.78, 5) is 12.6. The minimum absolute atomic E-state index is 0.322. The molecule has 0 atom stereocenters. The van der Waals surface area contributed by atoms with Crippen LogP contribution in [0.15, 0.2) is 54.1 Å². The van der Waals surface area contributed by atoms with Gasteiger partial charge in [-0.3, -0.25) is 4.79 Å². The number of carboxylic acid groups (broad SMARTS) is 1. The quantitative estimate of drug-likeness (QED) is 0.701. The van der Waals surface area contributed by atoms with Gasteiger partial charge in [-0.1, -0.05) is 24.8 Å². The largest absolute Gasteiger partial charge is 0.480 e. The highest BCUT2D eigenvalue weighted by molar-refractivity contribution is 8.05. The number of thioether (sulfide) groups is 1. The highest BCUT2D eigenvalue weighted by Crippen LogP contribution is 2.50. The van der Waals surface area contributed by atoms with Crippen LogP contribution in [0.5, 0.6) is 0 Å². The fourth-order valence-electron chi connectivity index (χ4n) is 3.23. The fourth-order valence-corrected chi connectivity index (χ4v) is 4.73. The van der Waals surface area contributed by atoms with Gasteiger partial charge in [-0.25, -0.2) is 4.39 Å². The van der Waals surface area contributed by atoms with Gasteiger partial charge in [0.2, 0.25) is 0 Å². The predicted molar refractivity (Wildman–Crippen MR) is 106 cm³/mol. The van der Waals surface area contributed by atoms with Crippen molar-refractivity contribution in [2.45, 2.75) is 30.9 Å². The van der Waals surface area contributed by atoms with Gasteiger partial charge in [0.1, 0.15) is 22.3 Å². The summed E-state index contributed by atoms with van der Waals surface area (Å²) in [5.41, 5.74) is 2.29. The van der Waals surface area contributed by atoms with E-state index in [2.05, 4.69) is 12.6 Å². The van der Waals surface area contributed by atoms with Crippen LogP contribution in [0.3, 0.4) is 0 Å². The Bertz CT molecular complexity index is 1020. The average Bonchev–Trinajstić information content (AvgIpc) is 2.99. The SMILES string of the molecule is C=C/C(=C(\C=C/C)SC1(C(=O)O)CCC1)c1ccc(C#N)n2cc(F)cc12. The lowest BCUT2D eigenvalue weighted by Crippen LogP contribution is -2.41. The van der Waals surface area contributed by atoms with Crippen molar-refractivity contribution in [2.24, 2.45) is 0 Å². The molecule has 138 valence electrons. The molecule has 1 aliphatic rings. The topological polar surface area (TPSA) is 65.5 Å². The number of halogens is 1. The predicted octanol–water partition coefficient (Wildman–Crippen LogP) is 5.16. The summed E-state index contributed by atoms with van der Waals surface area (Å²) in [7, 11) is 0. The Morgan fingerprint density at radius 2 is 2.22 bits per heavy atom. The maximum absolute atomic E-state index is 13.9. The van der Waals surface area contributed by atoms with Crippen molar-refractivity contribution in [1.82, 2.24) is 4.40 Å². The number of nitrogens with zero attached hydrogens (tertiary/aromatic N) is 2. The molecule has 0 aliphatic heterocycles. The van der Waals surface area contributed by atoms with E-state index >= 15 is 0 Å². The standard InChI is InChI=1S/C21H19FN2O2S/c1-3-6-19(27-21(20(25)26)9-5-10-21)16(4-2)17-8-7-15(12-23)24-13-14(22)11-18(17)24/h3-4,6-8,11,13H,2,5,9-10H2,1H3,(H,25,26)/b6-3-,19-16-. The molecule has 0 bridgehead atoms. The number of aliphatic carboxylic acids is 1. The maximum Gasteiger partial charge on any atom is 0.320 e. The minimum Gasteiger partial charge on any atom is -0.480 e. The van der Waals surface area contributed by atoms with E-state index in [1.54, 1.807) is 18.2 Å². The number of pyridine rings is 1. The van der Waals surface area contributed by atoms with E-state index in [0.717, 1.165) is 16.9 Å². The molecule has 1 N–H and O–H groups in total. The Morgan fingerprint density at radius 1 is 1.48 bits per heavy atom. The second-order valence-electron chi connectivity index (χ2n) is 6.39. The zero-order valence-electron chi connectivity index (χ0n) is 14.9. The normalized spacial score (nSPS) is 16.6. The molecule has 0 aromatic carbocycles. The van der Waals surface area contributed by atoms with Crippen molar-refractivity contribution >= 4 is 28.8 Å². The molecule has 1 aliphatic carbocycles. The van der Waals surface area contributed by atoms with Gasteiger partial charge < -0.3 is 9.51 Å². The molecule has 0 unspecified atom stereocenters. The van der Waals surface area contributed by atoms with Crippen molar-refractivity contribution in [1.29, 1.82) is 5.26 Å². The third-order valence-electron chi connectivity index (χ3n) is 4.78. The Morgan fingerprint density at radius 3 is 2.74 bits per heavy atom. The fraction of sp³-hybridized carbons (Fsp3) is 0.238. The first-order valence-corrected chi connectivity index (χ1v) is 9.40. The molecule has 4 nitrogen and oxygen atoms in total. The molecule has 1 fully saturated rings. The Hall–Kier alpha value is -2.78. The van der Waals surface area contributed by atoms with Crippen LogP contribution < -0.4 is 0 Å². The zero-order chi connectivity index (χ0) is 19.6. The Balaban J connectivity index is 2.21. The zero-order valence-corrected chi connectivity index (χ0v) is 15.7. The Kier molecular flexibility index (Phi) is 5.24. The van der Waals surface area contributed by atoms with Crippen molar-refractivity contribution in [3.05, 3.63) is 71.2 Å². The lowest BCUT2D eigenvalue weighted by Gasteiger charge is -2.37. The van der Waals surface area contributed by atoms with Crippen LogP contribution >= 0.6 is 11.8 Å². The third kappa shape index (κ3) is 3.31. The number of allylic oxidation sites excluding steroid dienone is 4. The summed E-state index contributed by atoms with van der Waals surface area (Å²) >= 11 is 1.32. The summed E-state index contributed by atoms with van der Waals surface area (Å²) in [6.45, 7) is 5.76. The molecule has 0 radical (unpaired) electrons. The number of aromatic nitrogens is 1. The van der Waals surface area contributed by atoms with Gasteiger partial charge in [0.05, 0.1) is 5.52 Å². The highest BCUT2D eigenvalue weighted by Gasteiger charge is 2.46. The van der Waals surface area contributed by atoms with E-state index < -0.39 is 16.5 Å². The molecule has 2 heterocycles. The number of hydrogen-bond donors (Lipinski definition) is 1. The third-order valence-corrected chi connectivity index (χ3v) is 6.33. The van der Waals surface area contributed by atoms with Crippen LogP contribution in [-0.2, 0) is 4.79 Å². The Labute approximate surface area is 161 Å². The van der Waals surface area contributed by atoms with Gasteiger partial charge in [0.15, 0.2) is 0 Å². The van der Waals surface area contributed by atoms with Gasteiger partial charge in [0, 0.05) is 22.7 Å². The van der Waals surface area contributed by atoms with Crippen LogP contribution in [0.2, 0.25) is 0 Å². The number of hydrogen-bond acceptors (Lipinski definition) is 3. The molecule has 2 aromatic heterocycles. The van der Waals surface area contributed by atoms with Gasteiger partial charge in [0.25, 0.3) is 0 Å². The van der Waals surface area contributed by atoms with Crippen molar-refractivity contribution in [2.75, 3.05) is 0 Å². The van der Waals surface area contributed by atoms with Crippen LogP contribution in [0.25, 0.3) is 11.1 Å². The van der Waals surface area contributed by atoms with E-state index in [1.807, 2.05) is 19.1 Å². The molecular formula is C21H19FN2O2S. The number of carboxylic acids is 1. The summed E-state index contributed by atoms with van der Waals surface area (Å²) in [5, 5.41) is 19.0. The number of carbonyl (C=O) groups is 1. The first-order valence-electron chi connectivity index (χ1n) is 8.58. The molecule has 0 saturated heterocycles. The second kappa shape index (κ2) is 7.45. The summed E-state index contributed by atoms with van der Waals surface area (Å²) in [6.07, 6.45) is 8.74. The number of nitriles is 1. The van der Waals surface area contributed by atoms with Gasteiger partial charge in [-0.2, -0.15) is 5.26 Å². The number of fused-ring (bicyclic) bond motifs is 1. The maximum atomic E-state index is 13.9. The summed E-state index contributed by atoms with van der Waals surface area (Å²) < 4.78 is 14.6. The van der Waals surface area contributed by atoms with Crippen molar-refractivity contribution in [3.8, 4) is 6.07 Å². The first kappa shape index (κ1) is 19.0. The number of rotatable bonds is 6. The van der Waals surface area contributed by atoms with Crippen LogP contribution in [-0.4, -0.2) is 20.2 Å². The smallest absolute Gasteiger partial charge is 0.320 e. The summed E-state index contributed by atoms with van der Waals surface area (Å²) in [6, 6.07) is 6.80.